The van der Waals surface area contributed by atoms with Gasteiger partial charge in [0.15, 0.2) is 0 Å². The first-order valence-corrected chi connectivity index (χ1v) is 8.46. The molecule has 3 heteroatoms. The van der Waals surface area contributed by atoms with E-state index < -0.39 is 0 Å². The second-order valence-corrected chi connectivity index (χ2v) is 6.19. The van der Waals surface area contributed by atoms with Crippen molar-refractivity contribution in [3.05, 3.63) is 63.9 Å². The molecule has 1 aromatic carbocycles. The fourth-order valence-corrected chi connectivity index (χ4v) is 2.86. The summed E-state index contributed by atoms with van der Waals surface area (Å²) in [5.41, 5.74) is 3.90. The van der Waals surface area contributed by atoms with E-state index in [0.29, 0.717) is 0 Å². The summed E-state index contributed by atoms with van der Waals surface area (Å²) in [6, 6.07) is 11.3. The van der Waals surface area contributed by atoms with E-state index in [2.05, 4.69) is 70.4 Å². The number of rotatable bonds is 7. The Hall–Kier alpha value is -1.19. The largest absolute Gasteiger partial charge is 0.306 e. The van der Waals surface area contributed by atoms with Gasteiger partial charge in [0.1, 0.15) is 0 Å². The molecule has 0 radical (unpaired) electrons. The monoisotopic (exact) mass is 346 g/mol. The van der Waals surface area contributed by atoms with Crippen LogP contribution < -0.4 is 5.32 Å². The van der Waals surface area contributed by atoms with Crippen molar-refractivity contribution in [3.63, 3.8) is 0 Å². The Morgan fingerprint density at radius 2 is 1.86 bits per heavy atom. The van der Waals surface area contributed by atoms with Gasteiger partial charge in [-0.2, -0.15) is 0 Å². The van der Waals surface area contributed by atoms with Crippen LogP contribution in [0.25, 0.3) is 0 Å². The van der Waals surface area contributed by atoms with Gasteiger partial charge in [-0.25, -0.2) is 0 Å². The average Bonchev–Trinajstić information content (AvgIpc) is 2.51. The topological polar surface area (TPSA) is 24.9 Å². The van der Waals surface area contributed by atoms with Crippen LogP contribution in [0.3, 0.4) is 0 Å². The van der Waals surface area contributed by atoms with Crippen molar-refractivity contribution in [1.29, 1.82) is 0 Å². The van der Waals surface area contributed by atoms with Gasteiger partial charge in [0.25, 0.3) is 0 Å². The third-order valence-corrected chi connectivity index (χ3v) is 4.03. The van der Waals surface area contributed by atoms with Crippen LogP contribution >= 0.6 is 15.9 Å². The van der Waals surface area contributed by atoms with Crippen molar-refractivity contribution in [2.24, 2.45) is 0 Å². The zero-order valence-corrected chi connectivity index (χ0v) is 14.4. The third kappa shape index (κ3) is 4.65. The lowest BCUT2D eigenvalue weighted by Gasteiger charge is -2.19. The maximum Gasteiger partial charge on any atom is 0.0592 e. The van der Waals surface area contributed by atoms with Crippen molar-refractivity contribution in [1.82, 2.24) is 10.3 Å². The zero-order chi connectivity index (χ0) is 15.1. The first kappa shape index (κ1) is 16.2. The highest BCUT2D eigenvalue weighted by Gasteiger charge is 2.13. The molecule has 0 aliphatic rings. The highest BCUT2D eigenvalue weighted by atomic mass is 79.9. The van der Waals surface area contributed by atoms with E-state index in [1.165, 1.54) is 36.0 Å². The van der Waals surface area contributed by atoms with E-state index >= 15 is 0 Å². The fourth-order valence-electron chi connectivity index (χ4n) is 2.48. The molecule has 1 aromatic heterocycles. The highest BCUT2D eigenvalue weighted by molar-refractivity contribution is 9.10. The van der Waals surface area contributed by atoms with E-state index in [9.17, 15) is 0 Å². The van der Waals surface area contributed by atoms with Gasteiger partial charge in [-0.05, 0) is 58.1 Å². The summed E-state index contributed by atoms with van der Waals surface area (Å²) in [4.78, 5) is 4.28. The lowest BCUT2D eigenvalue weighted by molar-refractivity contribution is 0.628. The van der Waals surface area contributed by atoms with Gasteiger partial charge in [0.2, 0.25) is 0 Å². The number of aromatic nitrogens is 1. The number of aryl methyl sites for hydroxylation is 1. The van der Waals surface area contributed by atoms with E-state index in [1.54, 1.807) is 0 Å². The van der Waals surface area contributed by atoms with Gasteiger partial charge in [-0.15, -0.1) is 0 Å². The molecule has 0 saturated heterocycles. The van der Waals surface area contributed by atoms with Gasteiger partial charge >= 0.3 is 0 Å². The molecule has 0 fully saturated rings. The first-order valence-electron chi connectivity index (χ1n) is 7.67. The molecule has 0 amide bonds. The van der Waals surface area contributed by atoms with Crippen LogP contribution in [0.5, 0.6) is 0 Å². The molecule has 1 atom stereocenters. The molecule has 0 bridgehead atoms. The number of pyridine rings is 1. The van der Waals surface area contributed by atoms with Crippen LogP contribution in [-0.4, -0.2) is 11.5 Å². The Morgan fingerprint density at radius 1 is 1.10 bits per heavy atom. The molecule has 1 unspecified atom stereocenters. The Morgan fingerprint density at radius 3 is 2.48 bits per heavy atom. The molecule has 112 valence electrons. The number of halogens is 1. The smallest absolute Gasteiger partial charge is 0.0592 e. The molecule has 1 N–H and O–H groups in total. The molecule has 0 aliphatic heterocycles. The number of benzene rings is 1. The van der Waals surface area contributed by atoms with Crippen molar-refractivity contribution in [2.45, 2.75) is 39.2 Å². The van der Waals surface area contributed by atoms with Crippen LogP contribution in [-0.2, 0) is 6.42 Å². The standard InChI is InChI=1S/C18H23BrN2/c1-3-5-6-14-7-9-15(10-8-14)18(21-4-2)16-11-17(19)13-20-12-16/h7-13,18,21H,3-6H2,1-2H3. The van der Waals surface area contributed by atoms with E-state index in [4.69, 9.17) is 0 Å². The molecule has 2 nitrogen and oxygen atoms in total. The van der Waals surface area contributed by atoms with E-state index in [1.807, 2.05) is 12.4 Å². The van der Waals surface area contributed by atoms with Crippen molar-refractivity contribution in [3.8, 4) is 0 Å². The SMILES string of the molecule is CCCCc1ccc(C(NCC)c2cncc(Br)c2)cc1. The summed E-state index contributed by atoms with van der Waals surface area (Å²) >= 11 is 3.50. The molecular weight excluding hydrogens is 324 g/mol. The Labute approximate surface area is 136 Å². The van der Waals surface area contributed by atoms with Crippen molar-refractivity contribution < 1.29 is 0 Å². The normalized spacial score (nSPS) is 12.3. The molecule has 2 aromatic rings. The summed E-state index contributed by atoms with van der Waals surface area (Å²) < 4.78 is 1.02. The van der Waals surface area contributed by atoms with Crippen LogP contribution in [0, 0.1) is 0 Å². The van der Waals surface area contributed by atoms with Crippen LogP contribution in [0.1, 0.15) is 49.4 Å². The summed E-state index contributed by atoms with van der Waals surface area (Å²) in [6.07, 6.45) is 7.42. The maximum absolute atomic E-state index is 4.28. The number of nitrogens with zero attached hydrogens (tertiary/aromatic N) is 1. The number of hydrogen-bond donors (Lipinski definition) is 1. The fraction of sp³-hybridized carbons (Fsp3) is 0.389. The molecule has 0 saturated carbocycles. The highest BCUT2D eigenvalue weighted by Crippen LogP contribution is 2.24. The third-order valence-electron chi connectivity index (χ3n) is 3.60. The maximum atomic E-state index is 4.28. The quantitative estimate of drug-likeness (QED) is 0.772. The molecule has 0 aliphatic carbocycles. The van der Waals surface area contributed by atoms with Gasteiger partial charge in [-0.1, -0.05) is 44.5 Å². The first-order chi connectivity index (χ1) is 10.2. The predicted molar refractivity (Wildman–Crippen MR) is 92.5 cm³/mol. The van der Waals surface area contributed by atoms with Gasteiger partial charge in [0, 0.05) is 16.9 Å². The lowest BCUT2D eigenvalue weighted by Crippen LogP contribution is -2.22. The summed E-state index contributed by atoms with van der Waals surface area (Å²) in [5, 5.41) is 3.54. The summed E-state index contributed by atoms with van der Waals surface area (Å²) in [5.74, 6) is 0. The zero-order valence-electron chi connectivity index (χ0n) is 12.8. The van der Waals surface area contributed by atoms with Gasteiger partial charge < -0.3 is 5.32 Å². The number of nitrogens with one attached hydrogen (secondary N) is 1. The number of unbranched alkanes of at least 4 members (excludes halogenated alkanes) is 1. The molecule has 21 heavy (non-hydrogen) atoms. The van der Waals surface area contributed by atoms with E-state index in [0.717, 1.165) is 11.0 Å². The minimum Gasteiger partial charge on any atom is -0.306 e. The minimum atomic E-state index is 0.195. The van der Waals surface area contributed by atoms with E-state index in [-0.39, 0.29) is 6.04 Å². The average molecular weight is 347 g/mol. The number of hydrogen-bond acceptors (Lipinski definition) is 2. The molecular formula is C18H23BrN2. The van der Waals surface area contributed by atoms with Crippen LogP contribution in [0.2, 0.25) is 0 Å². The van der Waals surface area contributed by atoms with Gasteiger partial charge in [-0.3, -0.25) is 4.98 Å². The molecule has 2 rings (SSSR count). The van der Waals surface area contributed by atoms with Crippen molar-refractivity contribution in [2.75, 3.05) is 6.54 Å². The Bertz CT molecular complexity index is 551. The lowest BCUT2D eigenvalue weighted by atomic mass is 9.98. The Kier molecular flexibility index (Phi) is 6.40. The van der Waals surface area contributed by atoms with Crippen LogP contribution in [0.4, 0.5) is 0 Å². The molecule has 1 heterocycles. The summed E-state index contributed by atoms with van der Waals surface area (Å²) in [6.45, 7) is 5.29. The minimum absolute atomic E-state index is 0.195. The van der Waals surface area contributed by atoms with Crippen molar-refractivity contribution >= 4 is 15.9 Å². The molecule has 0 spiro atoms. The Balaban J connectivity index is 2.21. The second kappa shape index (κ2) is 8.30. The summed E-state index contributed by atoms with van der Waals surface area (Å²) in [7, 11) is 0. The van der Waals surface area contributed by atoms with Crippen LogP contribution in [0.15, 0.2) is 47.2 Å². The predicted octanol–water partition coefficient (Wildman–Crippen LogP) is 4.89. The second-order valence-electron chi connectivity index (χ2n) is 5.27. The van der Waals surface area contributed by atoms with Gasteiger partial charge in [0.05, 0.1) is 6.04 Å².